The lowest BCUT2D eigenvalue weighted by Crippen LogP contribution is -2.36. The minimum absolute atomic E-state index is 0.113. The lowest BCUT2D eigenvalue weighted by Gasteiger charge is -2.25. The number of aliphatic hydroxyl groups excluding tert-OH is 1. The van der Waals surface area contributed by atoms with Gasteiger partial charge in [0.05, 0.1) is 24.2 Å². The predicted octanol–water partition coefficient (Wildman–Crippen LogP) is 0.794. The van der Waals surface area contributed by atoms with Gasteiger partial charge in [0.1, 0.15) is 13.2 Å². The second-order valence-electron chi connectivity index (χ2n) is 6.58. The molecule has 2 aliphatic heterocycles. The molecule has 0 aromatic rings. The zero-order valence-electron chi connectivity index (χ0n) is 13.8. The van der Waals surface area contributed by atoms with Crippen LogP contribution in [-0.2, 0) is 24.0 Å². The van der Waals surface area contributed by atoms with Gasteiger partial charge in [0.2, 0.25) is 0 Å². The van der Waals surface area contributed by atoms with Crippen LogP contribution in [0.4, 0.5) is 0 Å². The summed E-state index contributed by atoms with van der Waals surface area (Å²) in [6.07, 6.45) is 2.50. The Morgan fingerprint density at radius 2 is 1.91 bits per heavy atom. The van der Waals surface area contributed by atoms with Crippen LogP contribution >= 0.6 is 0 Å². The Bertz CT molecular complexity index is 432. The number of carbonyl (C=O) groups excluding carboxylic acids is 1. The van der Waals surface area contributed by atoms with E-state index >= 15 is 0 Å². The average Bonchev–Trinajstić information content (AvgIpc) is 3.11. The molecule has 2 N–H and O–H groups in total. The summed E-state index contributed by atoms with van der Waals surface area (Å²) >= 11 is 0. The molecule has 0 saturated carbocycles. The summed E-state index contributed by atoms with van der Waals surface area (Å²) in [5.41, 5.74) is -0.502. The Labute approximate surface area is 136 Å². The minimum Gasteiger partial charge on any atom is -0.463 e. The molecule has 2 bridgehead atoms. The van der Waals surface area contributed by atoms with Gasteiger partial charge in [0.15, 0.2) is 6.29 Å². The third kappa shape index (κ3) is 4.30. The average molecular weight is 330 g/mol. The third-order valence-corrected chi connectivity index (χ3v) is 4.62. The molecule has 2 heterocycles. The molecule has 23 heavy (non-hydrogen) atoms. The molecule has 0 radical (unpaired) electrons. The van der Waals surface area contributed by atoms with Crippen molar-refractivity contribution in [3.05, 3.63) is 12.2 Å². The summed E-state index contributed by atoms with van der Waals surface area (Å²) in [5.74, 6) is -0.859. The molecule has 0 aromatic carbocycles. The number of rotatable bonds is 9. The smallest absolute Gasteiger partial charge is 0.311 e. The highest BCUT2D eigenvalue weighted by Gasteiger charge is 2.49. The summed E-state index contributed by atoms with van der Waals surface area (Å²) in [6.45, 7) is 6.00. The van der Waals surface area contributed by atoms with Crippen LogP contribution in [0.2, 0.25) is 0 Å². The molecule has 1 fully saturated rings. The normalized spacial score (nSPS) is 29.5. The van der Waals surface area contributed by atoms with E-state index in [1.54, 1.807) is 0 Å². The minimum atomic E-state index is -1.46. The predicted molar refractivity (Wildman–Crippen MR) is 79.9 cm³/mol. The highest BCUT2D eigenvalue weighted by atomic mass is 17.2. The maximum Gasteiger partial charge on any atom is 0.311 e. The van der Waals surface area contributed by atoms with Crippen LogP contribution in [0.5, 0.6) is 0 Å². The second kappa shape index (κ2) is 7.72. The van der Waals surface area contributed by atoms with Gasteiger partial charge < -0.3 is 19.7 Å². The molecular weight excluding hydrogens is 304 g/mol. The Balaban J connectivity index is 1.63. The number of fused-ring (bicyclic) bond motifs is 2. The summed E-state index contributed by atoms with van der Waals surface area (Å²) in [6, 6.07) is 0. The Morgan fingerprint density at radius 1 is 1.22 bits per heavy atom. The molecule has 7 nitrogen and oxygen atoms in total. The molecule has 2 rings (SSSR count). The fraction of sp³-hybridized carbons (Fsp3) is 0.812. The van der Waals surface area contributed by atoms with Crippen LogP contribution < -0.4 is 0 Å². The SMILES string of the molecule is CCC(C)(C)C(=O)OCCOOCC1C2C=CC(O2)C1C(O)O. The fourth-order valence-corrected chi connectivity index (χ4v) is 2.71. The molecule has 2 aliphatic rings. The first-order chi connectivity index (χ1) is 10.9. The fourth-order valence-electron chi connectivity index (χ4n) is 2.71. The van der Waals surface area contributed by atoms with Crippen LogP contribution in [0.3, 0.4) is 0 Å². The van der Waals surface area contributed by atoms with Gasteiger partial charge >= 0.3 is 5.97 Å². The number of carbonyl (C=O) groups is 1. The zero-order valence-corrected chi connectivity index (χ0v) is 13.8. The molecule has 132 valence electrons. The Morgan fingerprint density at radius 3 is 2.57 bits per heavy atom. The van der Waals surface area contributed by atoms with E-state index in [-0.39, 0.29) is 43.9 Å². The topological polar surface area (TPSA) is 94.5 Å². The maximum absolute atomic E-state index is 11.7. The standard InChI is InChI=1S/C16H26O7/c1-4-16(2,3)15(19)20-7-8-21-22-9-10-11-5-6-12(23-11)13(10)14(17)18/h5-6,10-14,17-18H,4,7-9H2,1-3H3. The third-order valence-electron chi connectivity index (χ3n) is 4.62. The molecule has 7 heteroatoms. The Kier molecular flexibility index (Phi) is 6.16. The lowest BCUT2D eigenvalue weighted by molar-refractivity contribution is -0.309. The summed E-state index contributed by atoms with van der Waals surface area (Å²) < 4.78 is 10.7. The second-order valence-corrected chi connectivity index (χ2v) is 6.58. The van der Waals surface area contributed by atoms with Crippen molar-refractivity contribution in [1.82, 2.24) is 0 Å². The highest BCUT2D eigenvalue weighted by Crippen LogP contribution is 2.40. The number of aliphatic hydroxyl groups is 2. The van der Waals surface area contributed by atoms with Gasteiger partial charge in [-0.3, -0.25) is 4.79 Å². The first-order valence-corrected chi connectivity index (χ1v) is 7.98. The summed E-state index contributed by atoms with van der Waals surface area (Å²) in [7, 11) is 0. The first-order valence-electron chi connectivity index (χ1n) is 7.98. The van der Waals surface area contributed by atoms with E-state index in [2.05, 4.69) is 0 Å². The van der Waals surface area contributed by atoms with Gasteiger partial charge in [-0.15, -0.1) is 0 Å². The molecule has 4 unspecified atom stereocenters. The zero-order chi connectivity index (χ0) is 17.0. The molecule has 0 aliphatic carbocycles. The number of hydrogen-bond acceptors (Lipinski definition) is 7. The van der Waals surface area contributed by atoms with Crippen molar-refractivity contribution in [3.63, 3.8) is 0 Å². The van der Waals surface area contributed by atoms with Gasteiger partial charge in [-0.25, -0.2) is 9.78 Å². The quantitative estimate of drug-likeness (QED) is 0.161. The van der Waals surface area contributed by atoms with Crippen LogP contribution in [0.25, 0.3) is 0 Å². The van der Waals surface area contributed by atoms with E-state index in [1.165, 1.54) is 0 Å². The number of ether oxygens (including phenoxy) is 2. The summed E-state index contributed by atoms with van der Waals surface area (Å²) in [4.78, 5) is 21.9. The van der Waals surface area contributed by atoms with Crippen molar-refractivity contribution < 1.29 is 34.3 Å². The van der Waals surface area contributed by atoms with E-state index in [0.29, 0.717) is 6.42 Å². The maximum atomic E-state index is 11.7. The van der Waals surface area contributed by atoms with Gasteiger partial charge in [-0.1, -0.05) is 19.1 Å². The lowest BCUT2D eigenvalue weighted by atomic mass is 9.83. The van der Waals surface area contributed by atoms with E-state index in [9.17, 15) is 15.0 Å². The van der Waals surface area contributed by atoms with Crippen LogP contribution in [-0.4, -0.2) is 54.5 Å². The largest absolute Gasteiger partial charge is 0.463 e. The summed E-state index contributed by atoms with van der Waals surface area (Å²) in [5, 5.41) is 18.9. The van der Waals surface area contributed by atoms with Gasteiger partial charge in [0, 0.05) is 11.8 Å². The van der Waals surface area contributed by atoms with Crippen molar-refractivity contribution in [2.75, 3.05) is 19.8 Å². The van der Waals surface area contributed by atoms with Gasteiger partial charge in [0.25, 0.3) is 0 Å². The van der Waals surface area contributed by atoms with E-state index < -0.39 is 17.6 Å². The molecule has 1 saturated heterocycles. The van der Waals surface area contributed by atoms with Crippen molar-refractivity contribution >= 4 is 5.97 Å². The molecule has 0 amide bonds. The Hall–Kier alpha value is -0.990. The van der Waals surface area contributed by atoms with Gasteiger partial charge in [-0.05, 0) is 20.3 Å². The van der Waals surface area contributed by atoms with Crippen molar-refractivity contribution in [3.8, 4) is 0 Å². The first kappa shape index (κ1) is 18.4. The van der Waals surface area contributed by atoms with E-state index in [4.69, 9.17) is 19.2 Å². The molecule has 0 aromatic heterocycles. The molecule has 4 atom stereocenters. The van der Waals surface area contributed by atoms with Crippen LogP contribution in [0.15, 0.2) is 12.2 Å². The number of esters is 1. The van der Waals surface area contributed by atoms with Crippen molar-refractivity contribution in [2.45, 2.75) is 45.7 Å². The van der Waals surface area contributed by atoms with Crippen molar-refractivity contribution in [2.24, 2.45) is 17.3 Å². The highest BCUT2D eigenvalue weighted by molar-refractivity contribution is 5.75. The number of hydrogen-bond donors (Lipinski definition) is 2. The van der Waals surface area contributed by atoms with Gasteiger partial charge in [-0.2, -0.15) is 0 Å². The van der Waals surface area contributed by atoms with Crippen LogP contribution in [0, 0.1) is 17.3 Å². The van der Waals surface area contributed by atoms with Crippen molar-refractivity contribution in [1.29, 1.82) is 0 Å². The monoisotopic (exact) mass is 330 g/mol. The van der Waals surface area contributed by atoms with Crippen LogP contribution in [0.1, 0.15) is 27.2 Å². The van der Waals surface area contributed by atoms with E-state index in [0.717, 1.165) is 0 Å². The van der Waals surface area contributed by atoms with E-state index in [1.807, 2.05) is 32.9 Å². The molecular formula is C16H26O7. The molecule has 0 spiro atoms.